The van der Waals surface area contributed by atoms with E-state index in [0.717, 1.165) is 0 Å². The molecule has 0 amide bonds. The Labute approximate surface area is 152 Å². The molecule has 9 nitrogen and oxygen atoms in total. The summed E-state index contributed by atoms with van der Waals surface area (Å²) in [4.78, 5) is 59.4. The monoisotopic (exact) mass is 369 g/mol. The Bertz CT molecular complexity index is 483. The molecule has 0 heterocycles. The van der Waals surface area contributed by atoms with Crippen molar-refractivity contribution in [3.63, 3.8) is 0 Å². The van der Waals surface area contributed by atoms with Gasteiger partial charge in [-0.25, -0.2) is 0 Å². The third-order valence-electron chi connectivity index (χ3n) is 3.14. The fourth-order valence-corrected chi connectivity index (χ4v) is 2.00. The zero-order chi connectivity index (χ0) is 20.1. The van der Waals surface area contributed by atoms with E-state index in [9.17, 15) is 24.0 Å². The van der Waals surface area contributed by atoms with Gasteiger partial charge in [-0.05, 0) is 27.1 Å². The number of ketones is 2. The predicted octanol–water partition coefficient (Wildman–Crippen LogP) is 0.362. The first-order chi connectivity index (χ1) is 12.2. The Balaban J connectivity index is 4.73. The van der Waals surface area contributed by atoms with Crippen molar-refractivity contribution < 1.29 is 38.2 Å². The molecular weight excluding hydrogens is 346 g/mol. The number of hydrogen-bond acceptors (Lipinski definition) is 9. The van der Waals surface area contributed by atoms with Crippen molar-refractivity contribution in [3.8, 4) is 0 Å². The molecule has 0 spiro atoms. The van der Waals surface area contributed by atoms with Crippen molar-refractivity contribution in [1.29, 1.82) is 0 Å². The maximum absolute atomic E-state index is 11.9. The lowest BCUT2D eigenvalue weighted by Crippen LogP contribution is -2.27. The van der Waals surface area contributed by atoms with Gasteiger partial charge in [0, 0.05) is 19.3 Å². The topological polar surface area (TPSA) is 116 Å². The van der Waals surface area contributed by atoms with Gasteiger partial charge in [0.05, 0.1) is 0 Å². The van der Waals surface area contributed by atoms with Gasteiger partial charge in [-0.2, -0.15) is 0 Å². The Hall–Kier alpha value is -2.29. The van der Waals surface area contributed by atoms with E-state index >= 15 is 0 Å². The van der Waals surface area contributed by atoms with Gasteiger partial charge >= 0.3 is 17.9 Å². The van der Waals surface area contributed by atoms with Gasteiger partial charge in [0.2, 0.25) is 0 Å². The van der Waals surface area contributed by atoms with E-state index < -0.39 is 61.3 Å². The van der Waals surface area contributed by atoms with E-state index in [1.165, 1.54) is 0 Å². The highest BCUT2D eigenvalue weighted by Gasteiger charge is 2.24. The summed E-state index contributed by atoms with van der Waals surface area (Å²) in [5.41, 5.74) is 0. The summed E-state index contributed by atoms with van der Waals surface area (Å²) in [7, 11) is 13.0. The van der Waals surface area contributed by atoms with E-state index in [2.05, 4.69) is 23.7 Å². The van der Waals surface area contributed by atoms with Crippen LogP contribution in [-0.4, -0.2) is 61.1 Å². The fourth-order valence-electron chi connectivity index (χ4n) is 2.00. The van der Waals surface area contributed by atoms with Crippen molar-refractivity contribution in [2.75, 3.05) is 20.6 Å². The average molecular weight is 369 g/mol. The van der Waals surface area contributed by atoms with Crippen molar-refractivity contribution in [2.45, 2.75) is 44.6 Å². The predicted molar refractivity (Wildman–Crippen MR) is 86.9 cm³/mol. The van der Waals surface area contributed by atoms with Crippen molar-refractivity contribution in [1.82, 2.24) is 4.90 Å². The minimum Gasteiger partial charge on any atom is -0.461 e. The third kappa shape index (κ3) is 12.1. The van der Waals surface area contributed by atoms with Gasteiger partial charge < -0.3 is 19.1 Å². The van der Waals surface area contributed by atoms with Gasteiger partial charge in [-0.15, -0.1) is 0 Å². The van der Waals surface area contributed by atoms with Crippen LogP contribution in [0, 0.1) is 14.2 Å². The molecule has 4 radical (unpaired) electrons. The molecule has 0 atom stereocenters. The van der Waals surface area contributed by atoms with Crippen molar-refractivity contribution >= 4 is 29.5 Å². The largest absolute Gasteiger partial charge is 0.461 e. The van der Waals surface area contributed by atoms with Gasteiger partial charge in [-0.1, -0.05) is 0 Å². The van der Waals surface area contributed by atoms with E-state index in [-0.39, 0.29) is 6.42 Å². The molecule has 0 aliphatic heterocycles. The number of carbonyl (C=O) groups excluding carboxylic acids is 5. The lowest BCUT2D eigenvalue weighted by atomic mass is 10.0. The quantitative estimate of drug-likeness (QED) is 0.258. The van der Waals surface area contributed by atoms with Crippen LogP contribution >= 0.6 is 0 Å². The van der Waals surface area contributed by atoms with Crippen molar-refractivity contribution in [3.05, 3.63) is 14.2 Å². The molecule has 0 N–H and O–H groups in total. The summed E-state index contributed by atoms with van der Waals surface area (Å²) >= 11 is 0. The standard InChI is InChI=1S/C17H23NO8/c1-18(2)7-5-6-15(21)26-14(8-12(19)10-16(22)24-3)9-13(20)11-17(23)25-4/h3-4,14H,5-11H2,1-2H3. The van der Waals surface area contributed by atoms with Crippen LogP contribution in [-0.2, 0) is 38.2 Å². The van der Waals surface area contributed by atoms with E-state index in [1.807, 2.05) is 19.0 Å². The lowest BCUT2D eigenvalue weighted by molar-refractivity contribution is -0.151. The molecule has 0 fully saturated rings. The van der Waals surface area contributed by atoms with Crippen molar-refractivity contribution in [2.24, 2.45) is 0 Å². The molecule has 0 unspecified atom stereocenters. The highest BCUT2D eigenvalue weighted by Crippen LogP contribution is 2.12. The van der Waals surface area contributed by atoms with E-state index in [1.54, 1.807) is 0 Å². The van der Waals surface area contributed by atoms with Crippen LogP contribution in [0.3, 0.4) is 0 Å². The van der Waals surface area contributed by atoms with Crippen LogP contribution in [0.4, 0.5) is 0 Å². The molecule has 0 aliphatic carbocycles. The Morgan fingerprint density at radius 2 is 1.31 bits per heavy atom. The Kier molecular flexibility index (Phi) is 11.8. The maximum atomic E-state index is 11.9. The minimum absolute atomic E-state index is 0.0900. The van der Waals surface area contributed by atoms with Crippen LogP contribution in [0.2, 0.25) is 0 Å². The normalized spacial score (nSPS) is 10.5. The second kappa shape index (κ2) is 13.0. The third-order valence-corrected chi connectivity index (χ3v) is 3.14. The fraction of sp³-hybridized carbons (Fsp3) is 0.588. The maximum Gasteiger partial charge on any atom is 0.313 e. The molecule has 0 bridgehead atoms. The minimum atomic E-state index is -1.11. The molecule has 26 heavy (non-hydrogen) atoms. The number of nitrogens with zero attached hydrogens (tertiary/aromatic N) is 1. The first-order valence-electron chi connectivity index (χ1n) is 7.84. The molecule has 0 aromatic carbocycles. The molecular formula is C17H23NO8. The smallest absolute Gasteiger partial charge is 0.313 e. The first-order valence-corrected chi connectivity index (χ1v) is 7.84. The summed E-state index contributed by atoms with van der Waals surface area (Å²) in [5, 5.41) is 0. The number of rotatable bonds is 13. The highest BCUT2D eigenvalue weighted by atomic mass is 16.5. The summed E-state index contributed by atoms with van der Waals surface area (Å²) in [6.07, 6.45) is -2.52. The second-order valence-corrected chi connectivity index (χ2v) is 5.84. The molecule has 0 aromatic rings. The van der Waals surface area contributed by atoms with Crippen LogP contribution in [0.15, 0.2) is 0 Å². The van der Waals surface area contributed by atoms with Gasteiger partial charge in [0.15, 0.2) is 14.2 Å². The first kappa shape index (κ1) is 23.7. The lowest BCUT2D eigenvalue weighted by Gasteiger charge is -2.17. The molecule has 0 saturated carbocycles. The number of hydrogen-bond donors (Lipinski definition) is 0. The van der Waals surface area contributed by atoms with Gasteiger partial charge in [0.25, 0.3) is 0 Å². The van der Waals surface area contributed by atoms with Gasteiger partial charge in [-0.3, -0.25) is 24.0 Å². The average Bonchev–Trinajstić information content (AvgIpc) is 2.53. The van der Waals surface area contributed by atoms with Crippen LogP contribution < -0.4 is 0 Å². The molecule has 144 valence electrons. The number of ether oxygens (including phenoxy) is 3. The summed E-state index contributed by atoms with van der Waals surface area (Å²) in [6, 6.07) is 0. The van der Waals surface area contributed by atoms with E-state index in [4.69, 9.17) is 4.74 Å². The Morgan fingerprint density at radius 3 is 1.69 bits per heavy atom. The SMILES string of the molecule is [CH]OC(=O)CC(=O)CC(CC(=O)CC(=O)O[CH])OC(=O)CCCN(C)C. The number of esters is 3. The number of Topliss-reactive ketones (excluding diaryl/α,β-unsaturated/α-hetero) is 2. The molecule has 0 rings (SSSR count). The molecule has 0 aromatic heterocycles. The van der Waals surface area contributed by atoms with E-state index in [0.29, 0.717) is 13.0 Å². The molecule has 0 aliphatic rings. The van der Waals surface area contributed by atoms with Crippen LogP contribution in [0.5, 0.6) is 0 Å². The van der Waals surface area contributed by atoms with Crippen LogP contribution in [0.1, 0.15) is 38.5 Å². The summed E-state index contributed by atoms with van der Waals surface area (Å²) < 4.78 is 12.9. The molecule has 0 saturated heterocycles. The van der Waals surface area contributed by atoms with Gasteiger partial charge in [0.1, 0.15) is 30.5 Å². The second-order valence-electron chi connectivity index (χ2n) is 5.84. The summed E-state index contributed by atoms with van der Waals surface area (Å²) in [6.45, 7) is 0.655. The number of carbonyl (C=O) groups is 5. The zero-order valence-corrected chi connectivity index (χ0v) is 14.9. The van der Waals surface area contributed by atoms with Crippen LogP contribution in [0.25, 0.3) is 0 Å². The highest BCUT2D eigenvalue weighted by molar-refractivity contribution is 5.98. The zero-order valence-electron chi connectivity index (χ0n) is 14.9. The molecule has 9 heteroatoms. The summed E-state index contributed by atoms with van der Waals surface area (Å²) in [5.74, 6) is -3.75. The Morgan fingerprint density at radius 1 is 0.846 bits per heavy atom.